The Morgan fingerprint density at radius 3 is 1.98 bits per heavy atom. The second kappa shape index (κ2) is 11.1. The van der Waals surface area contributed by atoms with E-state index in [1.807, 2.05) is 6.07 Å². The average molecular weight is 557 g/mol. The summed E-state index contributed by atoms with van der Waals surface area (Å²) in [7, 11) is 0. The van der Waals surface area contributed by atoms with E-state index in [1.165, 1.54) is 50.1 Å². The summed E-state index contributed by atoms with van der Waals surface area (Å²) in [5.74, 6) is 0. The van der Waals surface area contributed by atoms with Crippen molar-refractivity contribution in [1.29, 1.82) is 0 Å². The number of hydrogen-bond donors (Lipinski definition) is 2. The lowest BCUT2D eigenvalue weighted by molar-refractivity contribution is 0.660. The fourth-order valence-electron chi connectivity index (χ4n) is 6.61. The van der Waals surface area contributed by atoms with Gasteiger partial charge >= 0.3 is 0 Å². The monoisotopic (exact) mass is 556 g/mol. The zero-order valence-electron chi connectivity index (χ0n) is 24.7. The summed E-state index contributed by atoms with van der Waals surface area (Å²) in [6.07, 6.45) is 0.774. The zero-order chi connectivity index (χ0) is 29.4. The van der Waals surface area contributed by atoms with Gasteiger partial charge in [0.25, 0.3) is 0 Å². The van der Waals surface area contributed by atoms with Crippen LogP contribution in [0.4, 0.5) is 11.4 Å². The van der Waals surface area contributed by atoms with Crippen LogP contribution in [0.25, 0.3) is 33.4 Å². The minimum Gasteiger partial charge on any atom is -0.354 e. The lowest BCUT2D eigenvalue weighted by Gasteiger charge is -2.23. The van der Waals surface area contributed by atoms with E-state index in [-0.39, 0.29) is 11.5 Å². The number of nitrogens with one attached hydrogen (secondary N) is 1. The third kappa shape index (κ3) is 5.05. The predicted octanol–water partition coefficient (Wildman–Crippen LogP) is 10.3. The van der Waals surface area contributed by atoms with E-state index in [0.29, 0.717) is 0 Å². The van der Waals surface area contributed by atoms with Crippen LogP contribution in [0.2, 0.25) is 0 Å². The number of benzene rings is 6. The van der Waals surface area contributed by atoms with Crippen LogP contribution in [0, 0.1) is 0 Å². The Hall–Kier alpha value is -4.92. The molecule has 2 heteroatoms. The number of hydrogen-bond acceptors (Lipinski definition) is 2. The Morgan fingerprint density at radius 1 is 0.581 bits per heavy atom. The van der Waals surface area contributed by atoms with E-state index in [9.17, 15) is 0 Å². The number of rotatable bonds is 7. The van der Waals surface area contributed by atoms with Crippen molar-refractivity contribution >= 4 is 11.4 Å². The van der Waals surface area contributed by atoms with Gasteiger partial charge in [0.15, 0.2) is 0 Å². The molecule has 0 saturated heterocycles. The van der Waals surface area contributed by atoms with Gasteiger partial charge in [-0.25, -0.2) is 0 Å². The van der Waals surface area contributed by atoms with E-state index in [2.05, 4.69) is 159 Å². The van der Waals surface area contributed by atoms with Crippen LogP contribution in [-0.4, -0.2) is 0 Å². The molecular weight excluding hydrogens is 520 g/mol. The van der Waals surface area contributed by atoms with Crippen molar-refractivity contribution in [1.82, 2.24) is 0 Å². The van der Waals surface area contributed by atoms with Gasteiger partial charge in [-0.15, -0.1) is 0 Å². The number of nitrogens with two attached hydrogens (primary N) is 1. The number of fused-ring (bicyclic) bond motifs is 3. The molecule has 0 fully saturated rings. The van der Waals surface area contributed by atoms with E-state index >= 15 is 0 Å². The first kappa shape index (κ1) is 26.9. The normalized spacial score (nSPS) is 13.7. The Labute approximate surface area is 254 Å². The van der Waals surface area contributed by atoms with Crippen LogP contribution in [0.3, 0.4) is 0 Å². The van der Waals surface area contributed by atoms with Gasteiger partial charge in [-0.2, -0.15) is 0 Å². The Bertz CT molecular complexity index is 1890. The topological polar surface area (TPSA) is 38.0 Å². The third-order valence-electron chi connectivity index (χ3n) is 8.93. The molecule has 2 nitrogen and oxygen atoms in total. The molecule has 210 valence electrons. The lowest BCUT2D eigenvalue weighted by atomic mass is 9.82. The van der Waals surface area contributed by atoms with Gasteiger partial charge in [0.1, 0.15) is 0 Å². The van der Waals surface area contributed by atoms with Crippen molar-refractivity contribution in [3.63, 3.8) is 0 Å². The molecule has 0 amide bonds. The van der Waals surface area contributed by atoms with Gasteiger partial charge in [-0.05, 0) is 63.1 Å². The molecule has 0 heterocycles. The Balaban J connectivity index is 1.22. The Morgan fingerprint density at radius 2 is 1.23 bits per heavy atom. The smallest absolute Gasteiger partial charge is 0.0546 e. The van der Waals surface area contributed by atoms with E-state index < -0.39 is 0 Å². The van der Waals surface area contributed by atoms with Crippen molar-refractivity contribution in [2.75, 3.05) is 5.32 Å². The molecule has 1 aliphatic rings. The third-order valence-corrected chi connectivity index (χ3v) is 8.93. The van der Waals surface area contributed by atoms with Crippen molar-refractivity contribution in [3.8, 4) is 33.4 Å². The van der Waals surface area contributed by atoms with Gasteiger partial charge in [-0.3, -0.25) is 0 Å². The van der Waals surface area contributed by atoms with Gasteiger partial charge in [0.05, 0.1) is 5.69 Å². The molecule has 0 aliphatic heterocycles. The van der Waals surface area contributed by atoms with Crippen LogP contribution in [0.1, 0.15) is 42.1 Å². The van der Waals surface area contributed by atoms with Crippen molar-refractivity contribution in [3.05, 3.63) is 168 Å². The van der Waals surface area contributed by atoms with E-state index in [1.54, 1.807) is 0 Å². The highest BCUT2D eigenvalue weighted by Crippen LogP contribution is 2.54. The average Bonchev–Trinajstić information content (AvgIpc) is 3.29. The minimum atomic E-state index is -0.112. The molecule has 1 aliphatic carbocycles. The maximum Gasteiger partial charge on any atom is 0.0546 e. The summed E-state index contributed by atoms with van der Waals surface area (Å²) in [4.78, 5) is 0. The van der Waals surface area contributed by atoms with Crippen molar-refractivity contribution in [2.45, 2.75) is 31.7 Å². The van der Waals surface area contributed by atoms with Crippen LogP contribution in [0.15, 0.2) is 146 Å². The van der Waals surface area contributed by atoms with Gasteiger partial charge in [0.2, 0.25) is 0 Å². The van der Waals surface area contributed by atoms with Gasteiger partial charge < -0.3 is 11.1 Å². The van der Waals surface area contributed by atoms with Crippen molar-refractivity contribution < 1.29 is 0 Å². The second-order valence-corrected chi connectivity index (χ2v) is 12.1. The quantitative estimate of drug-likeness (QED) is 0.205. The highest BCUT2D eigenvalue weighted by atomic mass is 14.9. The molecular formula is C41H36N2. The molecule has 43 heavy (non-hydrogen) atoms. The summed E-state index contributed by atoms with van der Waals surface area (Å²) in [5, 5.41) is 3.88. The van der Waals surface area contributed by atoms with Gasteiger partial charge in [0, 0.05) is 28.3 Å². The van der Waals surface area contributed by atoms with Gasteiger partial charge in [-0.1, -0.05) is 147 Å². The molecule has 1 atom stereocenters. The first-order chi connectivity index (χ1) is 21.0. The van der Waals surface area contributed by atoms with Crippen LogP contribution >= 0.6 is 0 Å². The van der Waals surface area contributed by atoms with E-state index in [4.69, 9.17) is 5.73 Å². The fraction of sp³-hybridized carbons (Fsp3) is 0.122. The fourth-order valence-corrected chi connectivity index (χ4v) is 6.61. The van der Waals surface area contributed by atoms with Crippen LogP contribution < -0.4 is 11.1 Å². The molecule has 0 saturated carbocycles. The minimum absolute atomic E-state index is 0.0716. The first-order valence-electron chi connectivity index (χ1n) is 15.1. The zero-order valence-corrected chi connectivity index (χ0v) is 24.7. The molecule has 6 aromatic carbocycles. The van der Waals surface area contributed by atoms with E-state index in [0.717, 1.165) is 23.4 Å². The SMILES string of the molecule is CC1(C)c2ccccc2-c2c1ccc(-c1ccccc1)c2Nc1cccc([C@H](N)Cc2ccc(-c3ccccc3)cc2)c1. The molecule has 6 aromatic rings. The molecule has 7 rings (SSSR count). The molecule has 0 bridgehead atoms. The van der Waals surface area contributed by atoms with Crippen LogP contribution in [0.5, 0.6) is 0 Å². The summed E-state index contributed by atoms with van der Waals surface area (Å²) in [6, 6.07) is 51.8. The molecule has 0 aromatic heterocycles. The standard InChI is InChI=1S/C41H36N2/c1-41(2)36-19-10-9-18-35(36)39-37(41)25-24-34(31-14-7-4-8-15-31)40(39)43-33-17-11-16-32(27-33)38(42)26-28-20-22-30(23-21-28)29-12-5-3-6-13-29/h3-25,27,38,43H,26,42H2,1-2H3/t38-/m1/s1. The summed E-state index contributed by atoms with van der Waals surface area (Å²) in [6.45, 7) is 4.66. The first-order valence-corrected chi connectivity index (χ1v) is 15.1. The maximum atomic E-state index is 6.82. The summed E-state index contributed by atoms with van der Waals surface area (Å²) < 4.78 is 0. The molecule has 3 N–H and O–H groups in total. The maximum absolute atomic E-state index is 6.82. The predicted molar refractivity (Wildman–Crippen MR) is 182 cm³/mol. The van der Waals surface area contributed by atoms with Crippen LogP contribution in [-0.2, 0) is 11.8 Å². The molecule has 0 radical (unpaired) electrons. The highest BCUT2D eigenvalue weighted by Gasteiger charge is 2.37. The largest absolute Gasteiger partial charge is 0.354 e. The van der Waals surface area contributed by atoms with Crippen molar-refractivity contribution in [2.24, 2.45) is 5.73 Å². The molecule has 0 unspecified atom stereocenters. The summed E-state index contributed by atoms with van der Waals surface area (Å²) in [5.41, 5.74) is 21.4. The number of anilines is 2. The molecule has 0 spiro atoms. The summed E-state index contributed by atoms with van der Waals surface area (Å²) >= 11 is 0. The Kier molecular flexibility index (Phi) is 6.93. The highest BCUT2D eigenvalue weighted by molar-refractivity contribution is 5.98. The lowest BCUT2D eigenvalue weighted by Crippen LogP contribution is -2.15. The second-order valence-electron chi connectivity index (χ2n) is 12.1.